The molecule has 0 spiro atoms. The number of carboxylic acids is 1. The maximum absolute atomic E-state index is 12.3. The lowest BCUT2D eigenvalue weighted by Crippen LogP contribution is -2.40. The van der Waals surface area contributed by atoms with Crippen LogP contribution in [0.15, 0.2) is 30.4 Å². The first-order valence-corrected chi connectivity index (χ1v) is 7.17. The van der Waals surface area contributed by atoms with E-state index in [0.717, 1.165) is 22.0 Å². The molecule has 0 aliphatic rings. The Balaban J connectivity index is 2.25. The van der Waals surface area contributed by atoms with Crippen LogP contribution >= 0.6 is 0 Å². The second-order valence-corrected chi connectivity index (χ2v) is 5.32. The van der Waals surface area contributed by atoms with Crippen LogP contribution in [-0.4, -0.2) is 28.0 Å². The van der Waals surface area contributed by atoms with Crippen LogP contribution in [0.1, 0.15) is 35.0 Å². The highest BCUT2D eigenvalue weighted by molar-refractivity contribution is 6.00. The highest BCUT2D eigenvalue weighted by Crippen LogP contribution is 2.22. The molecule has 5 heteroatoms. The summed E-state index contributed by atoms with van der Waals surface area (Å²) in [5, 5.41) is 12.7. The molecule has 0 fully saturated rings. The van der Waals surface area contributed by atoms with Gasteiger partial charge in [-0.3, -0.25) is 4.79 Å². The summed E-state index contributed by atoms with van der Waals surface area (Å²) in [6.45, 7) is 5.82. The van der Waals surface area contributed by atoms with Gasteiger partial charge >= 0.3 is 5.97 Å². The van der Waals surface area contributed by atoms with Crippen LogP contribution in [0, 0.1) is 13.8 Å². The Morgan fingerprint density at radius 3 is 2.73 bits per heavy atom. The monoisotopic (exact) mass is 300 g/mol. The first kappa shape index (κ1) is 15.8. The van der Waals surface area contributed by atoms with Crippen molar-refractivity contribution >= 4 is 22.8 Å². The Labute approximate surface area is 129 Å². The molecule has 0 saturated carbocycles. The van der Waals surface area contributed by atoms with Gasteiger partial charge in [0, 0.05) is 10.9 Å². The molecular weight excluding hydrogens is 280 g/mol. The summed E-state index contributed by atoms with van der Waals surface area (Å²) in [5.74, 6) is -1.46. The normalized spacial score (nSPS) is 12.7. The molecule has 116 valence electrons. The quantitative estimate of drug-likeness (QED) is 0.742. The van der Waals surface area contributed by atoms with Gasteiger partial charge in [-0.25, -0.2) is 4.79 Å². The van der Waals surface area contributed by atoms with Crippen molar-refractivity contribution < 1.29 is 14.7 Å². The summed E-state index contributed by atoms with van der Waals surface area (Å²) in [6.07, 6.45) is 3.74. The van der Waals surface area contributed by atoms with Crippen molar-refractivity contribution in [1.29, 1.82) is 0 Å². The molecule has 1 aromatic heterocycles. The number of carbonyl (C=O) groups is 2. The summed E-state index contributed by atoms with van der Waals surface area (Å²) in [6, 6.07) is 4.74. The Bertz CT molecular complexity index is 744. The summed E-state index contributed by atoms with van der Waals surface area (Å²) in [5.41, 5.74) is 3.50. The van der Waals surface area contributed by atoms with E-state index in [4.69, 9.17) is 5.11 Å². The summed E-state index contributed by atoms with van der Waals surface area (Å²) in [4.78, 5) is 26.5. The standard InChI is InChI=1S/C17H20N2O3/c1-4-5-6-14(17(21)22)19-16(20)15-9-12-11(3)10(2)7-8-13(12)18-15/h4-5,7-9,14,18H,6H2,1-3H3,(H,19,20)(H,21,22)/b5-4+. The third-order valence-corrected chi connectivity index (χ3v) is 3.80. The van der Waals surface area contributed by atoms with Crippen LogP contribution in [0.4, 0.5) is 0 Å². The second kappa shape index (κ2) is 6.47. The fourth-order valence-corrected chi connectivity index (χ4v) is 2.31. The number of aliphatic carboxylic acids is 1. The van der Waals surface area contributed by atoms with Crippen molar-refractivity contribution in [2.75, 3.05) is 0 Å². The van der Waals surface area contributed by atoms with E-state index >= 15 is 0 Å². The van der Waals surface area contributed by atoms with Crippen molar-refractivity contribution in [3.63, 3.8) is 0 Å². The maximum atomic E-state index is 12.3. The van der Waals surface area contributed by atoms with Gasteiger partial charge < -0.3 is 15.4 Å². The molecular formula is C17H20N2O3. The SMILES string of the molecule is C/C=C/CC(NC(=O)c1cc2c(C)c(C)ccc2[nH]1)C(=O)O. The number of aromatic amines is 1. The zero-order valence-electron chi connectivity index (χ0n) is 12.9. The molecule has 1 heterocycles. The Hall–Kier alpha value is -2.56. The molecule has 3 N–H and O–H groups in total. The lowest BCUT2D eigenvalue weighted by atomic mass is 10.1. The van der Waals surface area contributed by atoms with Gasteiger partial charge in [0.2, 0.25) is 0 Å². The van der Waals surface area contributed by atoms with Crippen molar-refractivity contribution in [2.45, 2.75) is 33.2 Å². The number of H-pyrrole nitrogens is 1. The van der Waals surface area contributed by atoms with Gasteiger partial charge in [0.25, 0.3) is 5.91 Å². The van der Waals surface area contributed by atoms with E-state index in [0.29, 0.717) is 5.69 Å². The predicted molar refractivity (Wildman–Crippen MR) is 86.1 cm³/mol. The number of amides is 1. The third-order valence-electron chi connectivity index (χ3n) is 3.80. The van der Waals surface area contributed by atoms with Crippen molar-refractivity contribution in [3.8, 4) is 0 Å². The summed E-state index contributed by atoms with van der Waals surface area (Å²) in [7, 11) is 0. The number of fused-ring (bicyclic) bond motifs is 1. The molecule has 1 amide bonds. The van der Waals surface area contributed by atoms with E-state index in [9.17, 15) is 9.59 Å². The van der Waals surface area contributed by atoms with Gasteiger partial charge in [-0.05, 0) is 50.5 Å². The molecule has 5 nitrogen and oxygen atoms in total. The Kier molecular flexibility index (Phi) is 4.65. The molecule has 2 rings (SSSR count). The number of hydrogen-bond acceptors (Lipinski definition) is 2. The zero-order chi connectivity index (χ0) is 16.3. The molecule has 2 aromatic rings. The number of carboxylic acid groups (broad SMARTS) is 1. The number of allylic oxidation sites excluding steroid dienone is 1. The lowest BCUT2D eigenvalue weighted by Gasteiger charge is -2.11. The predicted octanol–water partition coefficient (Wildman–Crippen LogP) is 2.93. The van der Waals surface area contributed by atoms with Crippen molar-refractivity contribution in [1.82, 2.24) is 10.3 Å². The molecule has 1 atom stereocenters. The number of nitrogens with one attached hydrogen (secondary N) is 2. The smallest absolute Gasteiger partial charge is 0.326 e. The fourth-order valence-electron chi connectivity index (χ4n) is 2.31. The molecule has 0 aliphatic carbocycles. The second-order valence-electron chi connectivity index (χ2n) is 5.32. The number of aryl methyl sites for hydroxylation is 2. The first-order chi connectivity index (χ1) is 10.4. The van der Waals surface area contributed by atoms with Crippen LogP contribution < -0.4 is 5.32 Å². The van der Waals surface area contributed by atoms with Gasteiger partial charge in [-0.2, -0.15) is 0 Å². The molecule has 0 aliphatic heterocycles. The van der Waals surface area contributed by atoms with Crippen molar-refractivity contribution in [2.24, 2.45) is 0 Å². The average Bonchev–Trinajstić information content (AvgIpc) is 2.92. The molecule has 22 heavy (non-hydrogen) atoms. The average molecular weight is 300 g/mol. The van der Waals surface area contributed by atoms with Crippen LogP contribution in [0.2, 0.25) is 0 Å². The number of rotatable bonds is 5. The molecule has 1 aromatic carbocycles. The minimum absolute atomic E-state index is 0.260. The minimum atomic E-state index is -1.05. The largest absolute Gasteiger partial charge is 0.480 e. The topological polar surface area (TPSA) is 82.2 Å². The number of carbonyl (C=O) groups excluding carboxylic acids is 1. The number of hydrogen-bond donors (Lipinski definition) is 3. The van der Waals surface area contributed by atoms with Crippen LogP contribution in [0.5, 0.6) is 0 Å². The summed E-state index contributed by atoms with van der Waals surface area (Å²) < 4.78 is 0. The van der Waals surface area contributed by atoms with Gasteiger partial charge in [0.05, 0.1) is 0 Å². The number of aromatic nitrogens is 1. The van der Waals surface area contributed by atoms with E-state index in [1.807, 2.05) is 32.9 Å². The van der Waals surface area contributed by atoms with E-state index < -0.39 is 17.9 Å². The highest BCUT2D eigenvalue weighted by atomic mass is 16.4. The molecule has 0 saturated heterocycles. The van der Waals surface area contributed by atoms with Gasteiger partial charge in [0.15, 0.2) is 0 Å². The molecule has 0 bridgehead atoms. The maximum Gasteiger partial charge on any atom is 0.326 e. The Morgan fingerprint density at radius 1 is 1.36 bits per heavy atom. The van der Waals surface area contributed by atoms with Gasteiger partial charge in [0.1, 0.15) is 11.7 Å². The van der Waals surface area contributed by atoms with Crippen molar-refractivity contribution in [3.05, 3.63) is 47.2 Å². The van der Waals surface area contributed by atoms with Crippen LogP contribution in [0.25, 0.3) is 10.9 Å². The van der Waals surface area contributed by atoms with E-state index in [1.165, 1.54) is 0 Å². The Morgan fingerprint density at radius 2 is 2.09 bits per heavy atom. The highest BCUT2D eigenvalue weighted by Gasteiger charge is 2.20. The fraction of sp³-hybridized carbons (Fsp3) is 0.294. The zero-order valence-corrected chi connectivity index (χ0v) is 12.9. The van der Waals surface area contributed by atoms with Gasteiger partial charge in [-0.1, -0.05) is 18.2 Å². The van der Waals surface area contributed by atoms with Gasteiger partial charge in [-0.15, -0.1) is 0 Å². The lowest BCUT2D eigenvalue weighted by molar-refractivity contribution is -0.139. The van der Waals surface area contributed by atoms with E-state index in [1.54, 1.807) is 18.2 Å². The molecule has 0 radical (unpaired) electrons. The first-order valence-electron chi connectivity index (χ1n) is 7.17. The van der Waals surface area contributed by atoms with Crippen LogP contribution in [0.3, 0.4) is 0 Å². The minimum Gasteiger partial charge on any atom is -0.480 e. The van der Waals surface area contributed by atoms with E-state index in [2.05, 4.69) is 10.3 Å². The summed E-state index contributed by atoms with van der Waals surface area (Å²) >= 11 is 0. The third kappa shape index (κ3) is 3.19. The molecule has 1 unspecified atom stereocenters. The van der Waals surface area contributed by atoms with Crippen LogP contribution in [-0.2, 0) is 4.79 Å². The van der Waals surface area contributed by atoms with E-state index in [-0.39, 0.29) is 6.42 Å². The number of benzene rings is 1.